The summed E-state index contributed by atoms with van der Waals surface area (Å²) in [5, 5.41) is 0. The molecule has 0 aliphatic carbocycles. The Hall–Kier alpha value is -0.580. The third-order valence-corrected chi connectivity index (χ3v) is 3.52. The van der Waals surface area contributed by atoms with Gasteiger partial charge in [-0.15, -0.1) is 0 Å². The van der Waals surface area contributed by atoms with Crippen molar-refractivity contribution in [3.8, 4) is 5.75 Å². The molecular formula is C13H18BrNO2. The summed E-state index contributed by atoms with van der Waals surface area (Å²) in [6, 6.07) is 4.38. The zero-order valence-electron chi connectivity index (χ0n) is 10.6. The lowest BCUT2D eigenvalue weighted by Gasteiger charge is -2.38. The molecule has 0 saturated carbocycles. The van der Waals surface area contributed by atoms with Gasteiger partial charge in [0.05, 0.1) is 17.6 Å². The van der Waals surface area contributed by atoms with E-state index in [0.29, 0.717) is 0 Å². The summed E-state index contributed by atoms with van der Waals surface area (Å²) in [5.74, 6) is 0.918. The maximum Gasteiger partial charge on any atom is 0.139 e. The van der Waals surface area contributed by atoms with E-state index in [1.807, 2.05) is 0 Å². The first-order chi connectivity index (χ1) is 7.93. The Morgan fingerprint density at radius 3 is 2.82 bits per heavy atom. The number of hydrogen-bond acceptors (Lipinski definition) is 3. The predicted molar refractivity (Wildman–Crippen MR) is 71.1 cm³/mol. The SMILES string of the molecule is CONC1CC(C)(C)Oc2c(Br)cc(C)cc21. The van der Waals surface area contributed by atoms with E-state index in [9.17, 15) is 0 Å². The van der Waals surface area contributed by atoms with Crippen LogP contribution < -0.4 is 10.2 Å². The molecule has 0 amide bonds. The average molecular weight is 300 g/mol. The highest BCUT2D eigenvalue weighted by Crippen LogP contribution is 2.44. The van der Waals surface area contributed by atoms with Crippen molar-refractivity contribution < 1.29 is 9.57 Å². The second-order valence-corrected chi connectivity index (χ2v) is 5.96. The number of hydrogen-bond donors (Lipinski definition) is 1. The van der Waals surface area contributed by atoms with E-state index in [1.165, 1.54) is 5.56 Å². The van der Waals surface area contributed by atoms with E-state index >= 15 is 0 Å². The first kappa shape index (κ1) is 12.9. The monoisotopic (exact) mass is 299 g/mol. The summed E-state index contributed by atoms with van der Waals surface area (Å²) in [4.78, 5) is 5.09. The molecule has 1 aliphatic rings. The van der Waals surface area contributed by atoms with Crippen LogP contribution in [0.4, 0.5) is 0 Å². The number of benzene rings is 1. The Morgan fingerprint density at radius 2 is 2.18 bits per heavy atom. The molecule has 17 heavy (non-hydrogen) atoms. The van der Waals surface area contributed by atoms with Gasteiger partial charge in [0, 0.05) is 12.0 Å². The summed E-state index contributed by atoms with van der Waals surface area (Å²) in [6.07, 6.45) is 0.879. The zero-order valence-corrected chi connectivity index (χ0v) is 12.2. The van der Waals surface area contributed by atoms with Crippen molar-refractivity contribution in [3.63, 3.8) is 0 Å². The third-order valence-electron chi connectivity index (χ3n) is 2.93. The van der Waals surface area contributed by atoms with Gasteiger partial charge < -0.3 is 9.57 Å². The highest BCUT2D eigenvalue weighted by Gasteiger charge is 2.35. The van der Waals surface area contributed by atoms with Gasteiger partial charge in [0.1, 0.15) is 11.4 Å². The van der Waals surface area contributed by atoms with Crippen LogP contribution in [0.2, 0.25) is 0 Å². The average Bonchev–Trinajstić information content (AvgIpc) is 2.19. The molecule has 1 N–H and O–H groups in total. The Morgan fingerprint density at radius 1 is 1.47 bits per heavy atom. The van der Waals surface area contributed by atoms with Crippen LogP contribution in [0.5, 0.6) is 5.75 Å². The number of fused-ring (bicyclic) bond motifs is 1. The molecule has 0 spiro atoms. The smallest absolute Gasteiger partial charge is 0.139 e. The van der Waals surface area contributed by atoms with Crippen molar-refractivity contribution in [1.82, 2.24) is 5.48 Å². The summed E-state index contributed by atoms with van der Waals surface area (Å²) < 4.78 is 7.04. The molecule has 1 aromatic carbocycles. The van der Waals surface area contributed by atoms with Crippen molar-refractivity contribution in [2.24, 2.45) is 0 Å². The van der Waals surface area contributed by atoms with Gasteiger partial charge in [0.15, 0.2) is 0 Å². The van der Waals surface area contributed by atoms with Crippen molar-refractivity contribution >= 4 is 15.9 Å². The van der Waals surface area contributed by atoms with Crippen LogP contribution in [0, 0.1) is 6.92 Å². The highest BCUT2D eigenvalue weighted by molar-refractivity contribution is 9.10. The molecule has 0 radical (unpaired) electrons. The Bertz CT molecular complexity index is 432. The quantitative estimate of drug-likeness (QED) is 0.848. The van der Waals surface area contributed by atoms with Gasteiger partial charge in [-0.25, -0.2) is 0 Å². The maximum atomic E-state index is 6.04. The summed E-state index contributed by atoms with van der Waals surface area (Å²) in [7, 11) is 1.65. The van der Waals surface area contributed by atoms with E-state index in [1.54, 1.807) is 7.11 Å². The number of nitrogens with one attached hydrogen (secondary N) is 1. The molecule has 94 valence electrons. The van der Waals surface area contributed by atoms with Crippen LogP contribution in [0.15, 0.2) is 16.6 Å². The molecule has 0 bridgehead atoms. The van der Waals surface area contributed by atoms with Crippen molar-refractivity contribution in [2.75, 3.05) is 7.11 Å². The van der Waals surface area contributed by atoms with E-state index < -0.39 is 0 Å². The molecule has 2 rings (SSSR count). The number of halogens is 1. The molecule has 0 saturated heterocycles. The number of rotatable bonds is 2. The molecule has 4 heteroatoms. The second kappa shape index (κ2) is 4.59. The van der Waals surface area contributed by atoms with Gasteiger partial charge in [-0.05, 0) is 48.3 Å². The first-order valence-corrected chi connectivity index (χ1v) is 6.50. The zero-order chi connectivity index (χ0) is 12.6. The Kier molecular flexibility index (Phi) is 3.48. The topological polar surface area (TPSA) is 30.5 Å². The lowest BCUT2D eigenvalue weighted by atomic mass is 9.89. The fourth-order valence-corrected chi connectivity index (χ4v) is 2.96. The van der Waals surface area contributed by atoms with Gasteiger partial charge in [-0.3, -0.25) is 0 Å². The minimum absolute atomic E-state index is 0.162. The van der Waals surface area contributed by atoms with Crippen LogP contribution in [0.3, 0.4) is 0 Å². The molecule has 1 aliphatic heterocycles. The molecular weight excluding hydrogens is 282 g/mol. The van der Waals surface area contributed by atoms with Crippen LogP contribution in [-0.4, -0.2) is 12.7 Å². The van der Waals surface area contributed by atoms with E-state index in [-0.39, 0.29) is 11.6 Å². The van der Waals surface area contributed by atoms with Crippen LogP contribution in [0.25, 0.3) is 0 Å². The highest BCUT2D eigenvalue weighted by atomic mass is 79.9. The van der Waals surface area contributed by atoms with Gasteiger partial charge in [0.2, 0.25) is 0 Å². The van der Waals surface area contributed by atoms with Crippen LogP contribution >= 0.6 is 15.9 Å². The van der Waals surface area contributed by atoms with Gasteiger partial charge in [-0.2, -0.15) is 5.48 Å². The van der Waals surface area contributed by atoms with Crippen molar-refractivity contribution in [1.29, 1.82) is 0 Å². The fraction of sp³-hybridized carbons (Fsp3) is 0.538. The number of aryl methyl sites for hydroxylation is 1. The largest absolute Gasteiger partial charge is 0.486 e. The van der Waals surface area contributed by atoms with E-state index in [0.717, 1.165) is 22.2 Å². The standard InChI is InChI=1S/C13H18BrNO2/c1-8-5-9-11(15-16-4)7-13(2,3)17-12(9)10(14)6-8/h5-6,11,15H,7H2,1-4H3. The molecule has 1 aromatic rings. The molecule has 1 atom stereocenters. The lowest BCUT2D eigenvalue weighted by Crippen LogP contribution is -2.39. The third kappa shape index (κ3) is 2.64. The number of ether oxygens (including phenoxy) is 1. The molecule has 0 aromatic heterocycles. The molecule has 1 heterocycles. The van der Waals surface area contributed by atoms with Gasteiger partial charge >= 0.3 is 0 Å². The molecule has 3 nitrogen and oxygen atoms in total. The normalized spacial score (nSPS) is 21.8. The lowest BCUT2D eigenvalue weighted by molar-refractivity contribution is 0.00250. The summed E-state index contributed by atoms with van der Waals surface area (Å²) in [6.45, 7) is 6.26. The fourth-order valence-electron chi connectivity index (χ4n) is 2.29. The number of hydroxylamine groups is 1. The summed E-state index contributed by atoms with van der Waals surface area (Å²) >= 11 is 3.57. The Balaban J connectivity index is 2.48. The summed E-state index contributed by atoms with van der Waals surface area (Å²) in [5.41, 5.74) is 5.22. The second-order valence-electron chi connectivity index (χ2n) is 5.11. The van der Waals surface area contributed by atoms with E-state index in [2.05, 4.69) is 54.3 Å². The van der Waals surface area contributed by atoms with Crippen molar-refractivity contribution in [2.45, 2.75) is 38.8 Å². The Labute approximate surface area is 111 Å². The first-order valence-electron chi connectivity index (χ1n) is 5.70. The van der Waals surface area contributed by atoms with Gasteiger partial charge in [-0.1, -0.05) is 6.07 Å². The molecule has 0 fully saturated rings. The molecule has 1 unspecified atom stereocenters. The minimum atomic E-state index is -0.193. The maximum absolute atomic E-state index is 6.04. The van der Waals surface area contributed by atoms with Crippen LogP contribution in [-0.2, 0) is 4.84 Å². The minimum Gasteiger partial charge on any atom is -0.486 e. The predicted octanol–water partition coefficient (Wildman–Crippen LogP) is 3.51. The van der Waals surface area contributed by atoms with Gasteiger partial charge in [0.25, 0.3) is 0 Å². The van der Waals surface area contributed by atoms with Crippen molar-refractivity contribution in [3.05, 3.63) is 27.7 Å². The van der Waals surface area contributed by atoms with Crippen LogP contribution in [0.1, 0.15) is 37.4 Å². The van der Waals surface area contributed by atoms with E-state index in [4.69, 9.17) is 9.57 Å².